The van der Waals surface area contributed by atoms with Crippen molar-refractivity contribution < 1.29 is 14.4 Å². The lowest BCUT2D eigenvalue weighted by molar-refractivity contribution is -0.146. The number of nitrogens with one attached hydrogen (secondary N) is 1. The molecule has 0 radical (unpaired) electrons. The van der Waals surface area contributed by atoms with Crippen molar-refractivity contribution in [3.8, 4) is 0 Å². The second-order valence-electron chi connectivity index (χ2n) is 9.70. The normalized spacial score (nSPS) is 24.9. The van der Waals surface area contributed by atoms with Crippen molar-refractivity contribution in [2.75, 3.05) is 11.4 Å². The highest BCUT2D eigenvalue weighted by Crippen LogP contribution is 2.60. The van der Waals surface area contributed by atoms with Gasteiger partial charge in [0.05, 0.1) is 11.1 Å². The zero-order chi connectivity index (χ0) is 21.9. The van der Waals surface area contributed by atoms with E-state index < -0.39 is 5.41 Å². The van der Waals surface area contributed by atoms with Crippen molar-refractivity contribution in [1.29, 1.82) is 0 Å². The van der Waals surface area contributed by atoms with Gasteiger partial charge < -0.3 is 5.32 Å². The smallest absolute Gasteiger partial charge is 0.251 e. The van der Waals surface area contributed by atoms with E-state index in [0.29, 0.717) is 17.8 Å². The monoisotopic (exact) mass is 412 g/mol. The van der Waals surface area contributed by atoms with Gasteiger partial charge in [-0.15, -0.1) is 0 Å². The minimum absolute atomic E-state index is 0.135. The minimum Gasteiger partial charge on any atom is -0.352 e. The molecule has 1 saturated heterocycles. The molecule has 1 saturated carbocycles. The standard InChI is InChI=1S/C25H36N2O3/c1-5-6-7-8-9-10-16-26-21(28)18-12-11-13-19(17-18)27-22(29)20-14-15-25(4,23(27)30)24(20,2)3/h11-13,17,20H,5-10,14-16H2,1-4H3,(H,26,28)/t20-,25+/m1/s1. The second-order valence-corrected chi connectivity index (χ2v) is 9.70. The van der Waals surface area contributed by atoms with Gasteiger partial charge in [-0.3, -0.25) is 14.4 Å². The summed E-state index contributed by atoms with van der Waals surface area (Å²) in [6, 6.07) is 6.91. The van der Waals surface area contributed by atoms with Crippen LogP contribution in [0.25, 0.3) is 0 Å². The first-order valence-electron chi connectivity index (χ1n) is 11.5. The van der Waals surface area contributed by atoms with Crippen LogP contribution in [0.1, 0.15) is 89.4 Å². The van der Waals surface area contributed by atoms with Crippen molar-refractivity contribution in [2.45, 2.75) is 79.1 Å². The summed E-state index contributed by atoms with van der Waals surface area (Å²) in [6.45, 7) is 8.89. The molecule has 2 aliphatic rings. The molecule has 0 unspecified atom stereocenters. The minimum atomic E-state index is -0.554. The molecule has 2 fully saturated rings. The summed E-state index contributed by atoms with van der Waals surface area (Å²) in [5.74, 6) is -0.595. The lowest BCUT2D eigenvalue weighted by atomic mass is 9.62. The van der Waals surface area contributed by atoms with Gasteiger partial charge in [0.1, 0.15) is 0 Å². The predicted octanol–water partition coefficient (Wildman–Crippen LogP) is 5.09. The van der Waals surface area contributed by atoms with Crippen LogP contribution in [0.5, 0.6) is 0 Å². The predicted molar refractivity (Wildman–Crippen MR) is 119 cm³/mol. The van der Waals surface area contributed by atoms with Crippen LogP contribution in [-0.4, -0.2) is 24.3 Å². The number of rotatable bonds is 9. The molecule has 1 heterocycles. The number of carbonyl (C=O) groups excluding carboxylic acids is 3. The van der Waals surface area contributed by atoms with Crippen LogP contribution in [0.4, 0.5) is 5.69 Å². The number of hydrogen-bond donors (Lipinski definition) is 1. The maximum absolute atomic E-state index is 13.3. The highest BCUT2D eigenvalue weighted by molar-refractivity contribution is 6.20. The summed E-state index contributed by atoms with van der Waals surface area (Å²) in [7, 11) is 0. The molecule has 1 aliphatic heterocycles. The third-order valence-electron chi connectivity index (χ3n) is 7.60. The number of anilines is 1. The Kier molecular flexibility index (Phi) is 6.68. The number of unbranched alkanes of at least 4 members (excludes halogenated alkanes) is 5. The van der Waals surface area contributed by atoms with Crippen LogP contribution in [0.3, 0.4) is 0 Å². The Hall–Kier alpha value is -2.17. The zero-order valence-electron chi connectivity index (χ0n) is 18.9. The fourth-order valence-corrected chi connectivity index (χ4v) is 5.06. The molecule has 2 bridgehead atoms. The second kappa shape index (κ2) is 8.91. The van der Waals surface area contributed by atoms with Gasteiger partial charge in [-0.25, -0.2) is 4.90 Å². The van der Waals surface area contributed by atoms with Crippen molar-refractivity contribution in [3.05, 3.63) is 29.8 Å². The lowest BCUT2D eigenvalue weighted by Gasteiger charge is -2.47. The molecule has 5 heteroatoms. The molecule has 164 valence electrons. The molecule has 1 aliphatic carbocycles. The molecule has 0 spiro atoms. The fraction of sp³-hybridized carbons (Fsp3) is 0.640. The van der Waals surface area contributed by atoms with Crippen molar-refractivity contribution in [1.82, 2.24) is 5.32 Å². The summed E-state index contributed by atoms with van der Waals surface area (Å²) in [6.07, 6.45) is 8.50. The van der Waals surface area contributed by atoms with E-state index in [-0.39, 0.29) is 29.1 Å². The molecule has 2 atom stereocenters. The number of fused-ring (bicyclic) bond motifs is 2. The largest absolute Gasteiger partial charge is 0.352 e. The highest BCUT2D eigenvalue weighted by Gasteiger charge is 2.64. The zero-order valence-corrected chi connectivity index (χ0v) is 18.9. The summed E-state index contributed by atoms with van der Waals surface area (Å²) in [5.41, 5.74) is 0.0954. The Morgan fingerprint density at radius 3 is 2.53 bits per heavy atom. The van der Waals surface area contributed by atoms with Crippen LogP contribution in [0.2, 0.25) is 0 Å². The summed E-state index contributed by atoms with van der Waals surface area (Å²) < 4.78 is 0. The number of imide groups is 1. The number of amides is 3. The topological polar surface area (TPSA) is 66.5 Å². The van der Waals surface area contributed by atoms with Gasteiger partial charge in [0.15, 0.2) is 0 Å². The van der Waals surface area contributed by atoms with E-state index in [4.69, 9.17) is 0 Å². The van der Waals surface area contributed by atoms with Gasteiger partial charge in [-0.1, -0.05) is 65.9 Å². The van der Waals surface area contributed by atoms with E-state index in [0.717, 1.165) is 25.7 Å². The van der Waals surface area contributed by atoms with Crippen molar-refractivity contribution in [2.24, 2.45) is 16.7 Å². The SMILES string of the molecule is CCCCCCCCNC(=O)c1cccc(N2C(=O)[C@H]3CC[C@@](C)(C2=O)C3(C)C)c1. The molecule has 5 nitrogen and oxygen atoms in total. The van der Waals surface area contributed by atoms with Crippen molar-refractivity contribution in [3.63, 3.8) is 0 Å². The van der Waals surface area contributed by atoms with E-state index in [9.17, 15) is 14.4 Å². The molecule has 3 amide bonds. The maximum Gasteiger partial charge on any atom is 0.251 e. The Balaban J connectivity index is 1.66. The van der Waals surface area contributed by atoms with E-state index in [1.54, 1.807) is 24.3 Å². The van der Waals surface area contributed by atoms with Crippen LogP contribution < -0.4 is 10.2 Å². The summed E-state index contributed by atoms with van der Waals surface area (Å²) in [5, 5.41) is 2.97. The van der Waals surface area contributed by atoms with Gasteiger partial charge in [-0.2, -0.15) is 0 Å². The maximum atomic E-state index is 13.3. The average molecular weight is 413 g/mol. The number of nitrogens with zero attached hydrogens (tertiary/aromatic N) is 1. The summed E-state index contributed by atoms with van der Waals surface area (Å²) in [4.78, 5) is 40.4. The van der Waals surface area contributed by atoms with Crippen LogP contribution >= 0.6 is 0 Å². The van der Waals surface area contributed by atoms with E-state index in [1.807, 2.05) is 20.8 Å². The number of carbonyl (C=O) groups is 3. The Bertz CT molecular complexity index is 816. The molecule has 1 N–H and O–H groups in total. The van der Waals surface area contributed by atoms with Crippen molar-refractivity contribution >= 4 is 23.4 Å². The van der Waals surface area contributed by atoms with Gasteiger partial charge in [0, 0.05) is 18.0 Å². The van der Waals surface area contributed by atoms with Gasteiger partial charge in [0.25, 0.3) is 5.91 Å². The molecular formula is C25H36N2O3. The molecular weight excluding hydrogens is 376 g/mol. The third-order valence-corrected chi connectivity index (χ3v) is 7.60. The third kappa shape index (κ3) is 3.91. The van der Waals surface area contributed by atoms with E-state index in [2.05, 4.69) is 12.2 Å². The van der Waals surface area contributed by atoms with Crippen LogP contribution in [0.15, 0.2) is 24.3 Å². The van der Waals surface area contributed by atoms with Crippen LogP contribution in [-0.2, 0) is 9.59 Å². The first-order valence-corrected chi connectivity index (χ1v) is 11.5. The van der Waals surface area contributed by atoms with Gasteiger partial charge in [0.2, 0.25) is 11.8 Å². The summed E-state index contributed by atoms with van der Waals surface area (Å²) >= 11 is 0. The molecule has 30 heavy (non-hydrogen) atoms. The molecule has 3 rings (SSSR count). The van der Waals surface area contributed by atoms with Crippen LogP contribution in [0, 0.1) is 16.7 Å². The first-order chi connectivity index (χ1) is 14.2. The highest BCUT2D eigenvalue weighted by atomic mass is 16.2. The number of piperidine rings is 1. The molecule has 1 aromatic carbocycles. The van der Waals surface area contributed by atoms with Gasteiger partial charge in [-0.05, 0) is 42.9 Å². The Morgan fingerprint density at radius 2 is 1.80 bits per heavy atom. The van der Waals surface area contributed by atoms with E-state index in [1.165, 1.54) is 30.6 Å². The quantitative estimate of drug-likeness (QED) is 0.454. The van der Waals surface area contributed by atoms with E-state index >= 15 is 0 Å². The Morgan fingerprint density at radius 1 is 1.10 bits per heavy atom. The Labute approximate surface area is 180 Å². The fourth-order valence-electron chi connectivity index (χ4n) is 5.06. The average Bonchev–Trinajstić information content (AvgIpc) is 2.90. The molecule has 1 aromatic rings. The number of benzene rings is 1. The lowest BCUT2D eigenvalue weighted by Crippen LogP contribution is -2.59. The molecule has 0 aromatic heterocycles. The van der Waals surface area contributed by atoms with Gasteiger partial charge >= 0.3 is 0 Å². The number of hydrogen-bond acceptors (Lipinski definition) is 3. The first kappa shape index (κ1) is 22.5.